The molecule has 0 bridgehead atoms. The van der Waals surface area contributed by atoms with Crippen molar-refractivity contribution in [1.29, 1.82) is 0 Å². The lowest BCUT2D eigenvalue weighted by Crippen LogP contribution is -2.25. The topological polar surface area (TPSA) is 64.7 Å². The number of carbonyl (C=O) groups excluding carboxylic acids is 1. The van der Waals surface area contributed by atoms with Crippen LogP contribution in [0.15, 0.2) is 36.7 Å². The van der Waals surface area contributed by atoms with Gasteiger partial charge in [0.2, 0.25) is 5.91 Å². The predicted octanol–water partition coefficient (Wildman–Crippen LogP) is 4.45. The molecule has 1 amide bonds. The number of amides is 1. The molecule has 0 saturated carbocycles. The molecule has 0 aliphatic carbocycles. The van der Waals surface area contributed by atoms with Gasteiger partial charge in [-0.2, -0.15) is 23.4 Å². The minimum absolute atomic E-state index is 0.0249. The van der Waals surface area contributed by atoms with Crippen LogP contribution in [0, 0.1) is 12.7 Å². The van der Waals surface area contributed by atoms with Crippen molar-refractivity contribution >= 4 is 23.2 Å². The molecule has 1 N–H and O–H groups in total. The average molecular weight is 430 g/mol. The molecule has 2 aromatic heterocycles. The molecule has 0 radical (unpaired) electrons. The van der Waals surface area contributed by atoms with E-state index in [4.69, 9.17) is 11.6 Å². The quantitative estimate of drug-likeness (QED) is 0.609. The van der Waals surface area contributed by atoms with E-state index in [9.17, 15) is 22.4 Å². The highest BCUT2D eigenvalue weighted by Crippen LogP contribution is 2.36. The van der Waals surface area contributed by atoms with Crippen LogP contribution in [0.1, 0.15) is 29.9 Å². The predicted molar refractivity (Wildman–Crippen MR) is 98.0 cm³/mol. The standard InChI is InChI=1S/C18H16ClF4N5O/c1-10-15(19)16(18(21,22)23)26-28(10)11(2)17(29)25-13-7-24-27(9-13)8-12-5-3-4-6-14(12)20/h3-7,9,11H,8H2,1-2H3,(H,25,29). The van der Waals surface area contributed by atoms with Crippen LogP contribution >= 0.6 is 11.6 Å². The van der Waals surface area contributed by atoms with E-state index in [0.717, 1.165) is 4.68 Å². The lowest BCUT2D eigenvalue weighted by Gasteiger charge is -2.13. The number of rotatable bonds is 5. The maximum absolute atomic E-state index is 13.7. The molecule has 0 spiro atoms. The first-order chi connectivity index (χ1) is 13.6. The van der Waals surface area contributed by atoms with E-state index < -0.39 is 28.8 Å². The molecule has 1 unspecified atom stereocenters. The van der Waals surface area contributed by atoms with Crippen LogP contribution < -0.4 is 5.32 Å². The maximum Gasteiger partial charge on any atom is 0.436 e. The lowest BCUT2D eigenvalue weighted by molar-refractivity contribution is -0.141. The maximum atomic E-state index is 13.7. The second-order valence-electron chi connectivity index (χ2n) is 6.37. The number of nitrogens with one attached hydrogen (secondary N) is 1. The highest BCUT2D eigenvalue weighted by Gasteiger charge is 2.39. The van der Waals surface area contributed by atoms with Crippen molar-refractivity contribution < 1.29 is 22.4 Å². The summed E-state index contributed by atoms with van der Waals surface area (Å²) in [5.74, 6) is -0.986. The molecule has 0 saturated heterocycles. The third kappa shape index (κ3) is 4.42. The van der Waals surface area contributed by atoms with Gasteiger partial charge in [-0.15, -0.1) is 0 Å². The molecule has 2 heterocycles. The highest BCUT2D eigenvalue weighted by molar-refractivity contribution is 6.32. The number of anilines is 1. The summed E-state index contributed by atoms with van der Waals surface area (Å²) in [4.78, 5) is 12.5. The number of halogens is 5. The normalized spacial score (nSPS) is 12.8. The molecule has 6 nitrogen and oxygen atoms in total. The molecule has 0 aliphatic rings. The third-order valence-electron chi connectivity index (χ3n) is 4.28. The van der Waals surface area contributed by atoms with Crippen molar-refractivity contribution in [3.8, 4) is 0 Å². The Hall–Kier alpha value is -2.88. The van der Waals surface area contributed by atoms with Gasteiger partial charge < -0.3 is 5.32 Å². The first kappa shape index (κ1) is 20.8. The van der Waals surface area contributed by atoms with Crippen LogP contribution in [-0.2, 0) is 17.5 Å². The van der Waals surface area contributed by atoms with E-state index in [1.165, 1.54) is 37.0 Å². The smallest absolute Gasteiger partial charge is 0.322 e. The van der Waals surface area contributed by atoms with Crippen molar-refractivity contribution in [2.45, 2.75) is 32.6 Å². The Morgan fingerprint density at radius 2 is 2.00 bits per heavy atom. The van der Waals surface area contributed by atoms with Gasteiger partial charge in [-0.05, 0) is 19.9 Å². The van der Waals surface area contributed by atoms with E-state index in [-0.39, 0.29) is 18.1 Å². The summed E-state index contributed by atoms with van der Waals surface area (Å²) < 4.78 is 55.0. The Balaban J connectivity index is 1.73. The van der Waals surface area contributed by atoms with E-state index in [1.54, 1.807) is 18.2 Å². The molecular weight excluding hydrogens is 414 g/mol. The van der Waals surface area contributed by atoms with Gasteiger partial charge in [0.25, 0.3) is 0 Å². The Morgan fingerprint density at radius 1 is 1.31 bits per heavy atom. The zero-order valence-corrected chi connectivity index (χ0v) is 16.1. The number of hydrogen-bond donors (Lipinski definition) is 1. The Morgan fingerprint density at radius 3 is 2.62 bits per heavy atom. The van der Waals surface area contributed by atoms with Gasteiger partial charge in [-0.3, -0.25) is 14.2 Å². The van der Waals surface area contributed by atoms with Crippen LogP contribution in [0.4, 0.5) is 23.2 Å². The highest BCUT2D eigenvalue weighted by atomic mass is 35.5. The van der Waals surface area contributed by atoms with Crippen LogP contribution in [-0.4, -0.2) is 25.5 Å². The largest absolute Gasteiger partial charge is 0.436 e. The molecule has 1 aromatic carbocycles. The van der Waals surface area contributed by atoms with E-state index in [1.807, 2.05) is 0 Å². The molecule has 11 heteroatoms. The third-order valence-corrected chi connectivity index (χ3v) is 4.74. The van der Waals surface area contributed by atoms with Gasteiger partial charge in [-0.25, -0.2) is 4.39 Å². The van der Waals surface area contributed by atoms with Crippen LogP contribution in [0.2, 0.25) is 5.02 Å². The van der Waals surface area contributed by atoms with Gasteiger partial charge in [0.1, 0.15) is 11.9 Å². The van der Waals surface area contributed by atoms with E-state index in [0.29, 0.717) is 11.3 Å². The van der Waals surface area contributed by atoms with Crippen molar-refractivity contribution in [1.82, 2.24) is 19.6 Å². The number of hydrogen-bond acceptors (Lipinski definition) is 3. The Labute approximate surface area is 168 Å². The van der Waals surface area contributed by atoms with E-state index >= 15 is 0 Å². The fraction of sp³-hybridized carbons (Fsp3) is 0.278. The van der Waals surface area contributed by atoms with Crippen LogP contribution in [0.5, 0.6) is 0 Å². The van der Waals surface area contributed by atoms with Crippen molar-refractivity contribution in [3.05, 3.63) is 64.5 Å². The van der Waals surface area contributed by atoms with Gasteiger partial charge in [0.05, 0.1) is 29.1 Å². The average Bonchev–Trinajstić information content (AvgIpc) is 3.21. The van der Waals surface area contributed by atoms with Gasteiger partial charge in [-0.1, -0.05) is 29.8 Å². The molecule has 154 valence electrons. The van der Waals surface area contributed by atoms with Crippen molar-refractivity contribution in [2.75, 3.05) is 5.32 Å². The summed E-state index contributed by atoms with van der Waals surface area (Å²) in [6.45, 7) is 2.90. The van der Waals surface area contributed by atoms with Gasteiger partial charge in [0, 0.05) is 11.8 Å². The summed E-state index contributed by atoms with van der Waals surface area (Å²) in [5, 5.41) is 9.51. The van der Waals surface area contributed by atoms with Crippen LogP contribution in [0.25, 0.3) is 0 Å². The summed E-state index contributed by atoms with van der Waals surface area (Å²) in [6.07, 6.45) is -1.88. The van der Waals surface area contributed by atoms with Crippen molar-refractivity contribution in [3.63, 3.8) is 0 Å². The molecular formula is C18H16ClF4N5O. The molecule has 1 atom stereocenters. The molecule has 29 heavy (non-hydrogen) atoms. The SMILES string of the molecule is Cc1c(Cl)c(C(F)(F)F)nn1C(C)C(=O)Nc1cnn(Cc2ccccc2F)c1. The second kappa shape index (κ2) is 7.86. The second-order valence-corrected chi connectivity index (χ2v) is 6.75. The number of nitrogens with zero attached hydrogens (tertiary/aromatic N) is 4. The molecule has 3 rings (SSSR count). The molecule has 3 aromatic rings. The monoisotopic (exact) mass is 429 g/mol. The number of aromatic nitrogens is 4. The number of carbonyl (C=O) groups is 1. The Kier molecular flexibility index (Phi) is 5.65. The summed E-state index contributed by atoms with van der Waals surface area (Å²) >= 11 is 5.72. The molecule has 0 fully saturated rings. The van der Waals surface area contributed by atoms with E-state index in [2.05, 4.69) is 15.5 Å². The zero-order valence-electron chi connectivity index (χ0n) is 15.3. The molecule has 0 aliphatic heterocycles. The minimum Gasteiger partial charge on any atom is -0.322 e. The minimum atomic E-state index is -4.73. The number of alkyl halides is 3. The van der Waals surface area contributed by atoms with Gasteiger partial charge in [0.15, 0.2) is 5.69 Å². The number of benzene rings is 1. The fourth-order valence-electron chi connectivity index (χ4n) is 2.73. The fourth-order valence-corrected chi connectivity index (χ4v) is 2.96. The van der Waals surface area contributed by atoms with Crippen LogP contribution in [0.3, 0.4) is 0 Å². The summed E-state index contributed by atoms with van der Waals surface area (Å²) in [5.41, 5.74) is -0.487. The van der Waals surface area contributed by atoms with Crippen molar-refractivity contribution in [2.24, 2.45) is 0 Å². The summed E-state index contributed by atoms with van der Waals surface area (Å²) in [6, 6.07) is 5.15. The zero-order chi connectivity index (χ0) is 21.3. The van der Waals surface area contributed by atoms with Gasteiger partial charge >= 0.3 is 6.18 Å². The first-order valence-electron chi connectivity index (χ1n) is 8.46. The Bertz CT molecular complexity index is 1040. The summed E-state index contributed by atoms with van der Waals surface area (Å²) in [7, 11) is 0. The first-order valence-corrected chi connectivity index (χ1v) is 8.84. The lowest BCUT2D eigenvalue weighted by atomic mass is 10.2.